The molecule has 0 aliphatic rings. The summed E-state index contributed by atoms with van der Waals surface area (Å²) in [7, 11) is 0. The van der Waals surface area contributed by atoms with Crippen molar-refractivity contribution in [2.45, 2.75) is 72.0 Å². The summed E-state index contributed by atoms with van der Waals surface area (Å²) in [5, 5.41) is 0. The molecule has 3 aromatic rings. The largest absolute Gasteiger partial charge is 0.459 e. The minimum atomic E-state index is -4.39. The molecular formula is C30H33F3N2O2. The van der Waals surface area contributed by atoms with E-state index in [9.17, 15) is 18.0 Å². The van der Waals surface area contributed by atoms with E-state index >= 15 is 0 Å². The molecular weight excluding hydrogens is 477 g/mol. The number of aromatic nitrogens is 1. The molecule has 1 atom stereocenters. The predicted octanol–water partition coefficient (Wildman–Crippen LogP) is 7.73. The summed E-state index contributed by atoms with van der Waals surface area (Å²) >= 11 is 0. The molecule has 0 saturated carbocycles. The molecule has 0 saturated heterocycles. The Morgan fingerprint density at radius 2 is 1.84 bits per heavy atom. The van der Waals surface area contributed by atoms with Gasteiger partial charge >= 0.3 is 6.18 Å². The van der Waals surface area contributed by atoms with Gasteiger partial charge in [-0.15, -0.1) is 5.92 Å². The first-order chi connectivity index (χ1) is 17.6. The third kappa shape index (κ3) is 6.82. The van der Waals surface area contributed by atoms with Crippen molar-refractivity contribution in [3.63, 3.8) is 0 Å². The highest BCUT2D eigenvalue weighted by Crippen LogP contribution is 2.34. The molecule has 1 aromatic carbocycles. The van der Waals surface area contributed by atoms with Gasteiger partial charge in [-0.3, -0.25) is 9.78 Å². The minimum absolute atomic E-state index is 0.0502. The monoisotopic (exact) mass is 510 g/mol. The molecule has 7 heteroatoms. The van der Waals surface area contributed by atoms with Gasteiger partial charge in [-0.1, -0.05) is 38.8 Å². The normalized spacial score (nSPS) is 12.2. The van der Waals surface area contributed by atoms with Gasteiger partial charge < -0.3 is 9.32 Å². The standard InChI is InChI=1S/C30H33F3N2O2/c1-6-9-23-19-25(22-12-14-24(15-13-22)30(31,32)33)28(20(3)4)34-26(23)16-11-21(5)35(17-7-2)29(36)27-10-8-18-37-27/h8,10,12-15,18-21H,7,11,16-17H2,1-5H3. The number of carbonyl (C=O) groups is 1. The van der Waals surface area contributed by atoms with Gasteiger partial charge in [-0.2, -0.15) is 13.2 Å². The van der Waals surface area contributed by atoms with E-state index in [4.69, 9.17) is 9.40 Å². The summed E-state index contributed by atoms with van der Waals surface area (Å²) in [6.07, 6.45) is -0.798. The van der Waals surface area contributed by atoms with Crippen molar-refractivity contribution in [2.75, 3.05) is 6.54 Å². The van der Waals surface area contributed by atoms with Gasteiger partial charge in [0.1, 0.15) is 0 Å². The van der Waals surface area contributed by atoms with Crippen LogP contribution in [0.3, 0.4) is 0 Å². The van der Waals surface area contributed by atoms with Crippen LogP contribution in [0.15, 0.2) is 53.1 Å². The first kappa shape index (κ1) is 28.0. The van der Waals surface area contributed by atoms with Crippen molar-refractivity contribution in [1.82, 2.24) is 9.88 Å². The van der Waals surface area contributed by atoms with E-state index in [2.05, 4.69) is 11.8 Å². The SMILES string of the molecule is CC#Cc1cc(-c2ccc(C(F)(F)F)cc2)c(C(C)C)nc1CCC(C)N(CCC)C(=O)c1ccco1. The number of rotatable bonds is 9. The van der Waals surface area contributed by atoms with E-state index < -0.39 is 11.7 Å². The summed E-state index contributed by atoms with van der Waals surface area (Å²) in [6, 6.07) is 10.4. The van der Waals surface area contributed by atoms with Gasteiger partial charge in [0, 0.05) is 23.7 Å². The fourth-order valence-electron chi connectivity index (χ4n) is 4.32. The Hall–Kier alpha value is -3.53. The van der Waals surface area contributed by atoms with E-state index in [1.165, 1.54) is 18.4 Å². The third-order valence-electron chi connectivity index (χ3n) is 6.25. The molecule has 1 amide bonds. The highest BCUT2D eigenvalue weighted by atomic mass is 19.4. The topological polar surface area (TPSA) is 46.3 Å². The lowest BCUT2D eigenvalue weighted by Crippen LogP contribution is -2.39. The number of hydrogen-bond donors (Lipinski definition) is 0. The predicted molar refractivity (Wildman–Crippen MR) is 139 cm³/mol. The fourth-order valence-corrected chi connectivity index (χ4v) is 4.32. The van der Waals surface area contributed by atoms with Crippen LogP contribution in [0, 0.1) is 11.8 Å². The van der Waals surface area contributed by atoms with Crippen molar-refractivity contribution < 1.29 is 22.4 Å². The Labute approximate surface area is 216 Å². The quantitative estimate of drug-likeness (QED) is 0.277. The van der Waals surface area contributed by atoms with Crippen LogP contribution in [-0.4, -0.2) is 28.4 Å². The van der Waals surface area contributed by atoms with Crippen LogP contribution >= 0.6 is 0 Å². The maximum atomic E-state index is 13.1. The number of furan rings is 1. The van der Waals surface area contributed by atoms with Crippen LogP contribution < -0.4 is 0 Å². The highest BCUT2D eigenvalue weighted by Gasteiger charge is 2.30. The van der Waals surface area contributed by atoms with E-state index in [0.717, 1.165) is 41.1 Å². The van der Waals surface area contributed by atoms with E-state index in [1.807, 2.05) is 38.7 Å². The average Bonchev–Trinajstić information content (AvgIpc) is 3.40. The Balaban J connectivity index is 1.92. The smallest absolute Gasteiger partial charge is 0.416 e. The van der Waals surface area contributed by atoms with Crippen LogP contribution in [0.5, 0.6) is 0 Å². The number of hydrogen-bond acceptors (Lipinski definition) is 3. The molecule has 2 aromatic heterocycles. The zero-order valence-corrected chi connectivity index (χ0v) is 21.9. The van der Waals surface area contributed by atoms with E-state index in [-0.39, 0.29) is 17.9 Å². The van der Waals surface area contributed by atoms with Crippen LogP contribution in [-0.2, 0) is 12.6 Å². The lowest BCUT2D eigenvalue weighted by Gasteiger charge is -2.28. The van der Waals surface area contributed by atoms with Gasteiger partial charge in [0.25, 0.3) is 5.91 Å². The fraction of sp³-hybridized carbons (Fsp3) is 0.400. The first-order valence-corrected chi connectivity index (χ1v) is 12.5. The zero-order valence-electron chi connectivity index (χ0n) is 21.9. The zero-order chi connectivity index (χ0) is 27.2. The van der Waals surface area contributed by atoms with Crippen molar-refractivity contribution in [1.29, 1.82) is 0 Å². The van der Waals surface area contributed by atoms with Crippen molar-refractivity contribution in [3.05, 3.63) is 77.0 Å². The van der Waals surface area contributed by atoms with Crippen molar-refractivity contribution in [2.24, 2.45) is 0 Å². The Morgan fingerprint density at radius 1 is 1.14 bits per heavy atom. The second-order valence-electron chi connectivity index (χ2n) is 9.38. The van der Waals surface area contributed by atoms with Crippen LogP contribution in [0.4, 0.5) is 13.2 Å². The molecule has 0 aliphatic carbocycles. The number of amides is 1. The summed E-state index contributed by atoms with van der Waals surface area (Å²) in [5.74, 6) is 6.29. The van der Waals surface area contributed by atoms with Gasteiger partial charge in [-0.05, 0) is 74.9 Å². The molecule has 2 heterocycles. The Kier molecular flexibility index (Phi) is 9.20. The molecule has 4 nitrogen and oxygen atoms in total. The average molecular weight is 511 g/mol. The molecule has 0 fully saturated rings. The molecule has 1 unspecified atom stereocenters. The van der Waals surface area contributed by atoms with Gasteiger partial charge in [0.15, 0.2) is 5.76 Å². The maximum Gasteiger partial charge on any atom is 0.416 e. The summed E-state index contributed by atoms with van der Waals surface area (Å²) in [5.41, 5.74) is 3.13. The number of nitrogens with zero attached hydrogens (tertiary/aromatic N) is 2. The number of aryl methyl sites for hydroxylation is 1. The van der Waals surface area contributed by atoms with Gasteiger partial charge in [0.2, 0.25) is 0 Å². The second kappa shape index (κ2) is 12.1. The minimum Gasteiger partial charge on any atom is -0.459 e. The molecule has 196 valence electrons. The van der Waals surface area contributed by atoms with Crippen LogP contribution in [0.1, 0.15) is 86.4 Å². The second-order valence-corrected chi connectivity index (χ2v) is 9.38. The molecule has 0 bridgehead atoms. The number of benzene rings is 1. The van der Waals surface area contributed by atoms with E-state index in [1.54, 1.807) is 19.1 Å². The summed E-state index contributed by atoms with van der Waals surface area (Å²) in [4.78, 5) is 19.8. The van der Waals surface area contributed by atoms with Crippen molar-refractivity contribution in [3.8, 4) is 23.0 Å². The summed E-state index contributed by atoms with van der Waals surface area (Å²) < 4.78 is 44.5. The molecule has 0 aliphatic heterocycles. The lowest BCUT2D eigenvalue weighted by molar-refractivity contribution is -0.137. The first-order valence-electron chi connectivity index (χ1n) is 12.5. The lowest BCUT2D eigenvalue weighted by atomic mass is 9.93. The number of alkyl halides is 3. The molecule has 0 spiro atoms. The molecule has 37 heavy (non-hydrogen) atoms. The van der Waals surface area contributed by atoms with Crippen LogP contribution in [0.25, 0.3) is 11.1 Å². The maximum absolute atomic E-state index is 13.1. The Morgan fingerprint density at radius 3 is 2.38 bits per heavy atom. The third-order valence-corrected chi connectivity index (χ3v) is 6.25. The van der Waals surface area contributed by atoms with E-state index in [0.29, 0.717) is 30.7 Å². The van der Waals surface area contributed by atoms with Crippen LogP contribution in [0.2, 0.25) is 0 Å². The number of halogens is 3. The van der Waals surface area contributed by atoms with Gasteiger partial charge in [-0.25, -0.2) is 0 Å². The Bertz CT molecular complexity index is 1250. The molecule has 0 radical (unpaired) electrons. The highest BCUT2D eigenvalue weighted by molar-refractivity contribution is 5.91. The summed E-state index contributed by atoms with van der Waals surface area (Å²) in [6.45, 7) is 10.4. The number of carbonyl (C=O) groups excluding carboxylic acids is 1. The molecule has 3 rings (SSSR count). The van der Waals surface area contributed by atoms with Crippen molar-refractivity contribution >= 4 is 5.91 Å². The molecule has 0 N–H and O–H groups in total. The number of pyridine rings is 1. The van der Waals surface area contributed by atoms with Gasteiger partial charge in [0.05, 0.1) is 23.2 Å².